The van der Waals surface area contributed by atoms with Gasteiger partial charge in [0.05, 0.1) is 0 Å². The molecule has 0 saturated heterocycles. The fraction of sp³-hybridized carbons (Fsp3) is 0.385. The smallest absolute Gasteiger partial charge is 0.260 e. The van der Waals surface area contributed by atoms with E-state index in [4.69, 9.17) is 4.74 Å². The van der Waals surface area contributed by atoms with Crippen LogP contribution in [0.25, 0.3) is 0 Å². The predicted molar refractivity (Wildman–Crippen MR) is 75.9 cm³/mol. The summed E-state index contributed by atoms with van der Waals surface area (Å²) < 4.78 is 6.44. The lowest BCUT2D eigenvalue weighted by Gasteiger charge is -2.14. The number of hydrogen-bond acceptors (Lipinski definition) is 3. The summed E-state index contributed by atoms with van der Waals surface area (Å²) in [5, 5.41) is 5.28. The van der Waals surface area contributed by atoms with Gasteiger partial charge < -0.3 is 15.4 Å². The number of benzene rings is 1. The number of carbonyl (C=O) groups is 2. The van der Waals surface area contributed by atoms with Gasteiger partial charge in [-0.2, -0.15) is 0 Å². The molecular formula is C13H17BrN2O3. The molecule has 5 nitrogen and oxygen atoms in total. The van der Waals surface area contributed by atoms with Crippen LogP contribution in [0.3, 0.4) is 0 Å². The Kier molecular flexibility index (Phi) is 6.35. The number of nitrogens with one attached hydrogen (secondary N) is 2. The summed E-state index contributed by atoms with van der Waals surface area (Å²) in [7, 11) is 0. The highest BCUT2D eigenvalue weighted by Crippen LogP contribution is 2.17. The number of hydrogen-bond donors (Lipinski definition) is 2. The highest BCUT2D eigenvalue weighted by atomic mass is 79.9. The molecule has 6 heteroatoms. The third-order valence-electron chi connectivity index (χ3n) is 2.29. The van der Waals surface area contributed by atoms with E-state index < -0.39 is 6.10 Å². The van der Waals surface area contributed by atoms with E-state index in [0.717, 1.165) is 4.47 Å². The highest BCUT2D eigenvalue weighted by molar-refractivity contribution is 9.10. The summed E-state index contributed by atoms with van der Waals surface area (Å²) in [5.41, 5.74) is 0. The lowest BCUT2D eigenvalue weighted by atomic mass is 10.3. The third kappa shape index (κ3) is 6.24. The number of rotatable bonds is 6. The molecule has 0 bridgehead atoms. The summed E-state index contributed by atoms with van der Waals surface area (Å²) in [6.07, 6.45) is -0.585. The van der Waals surface area contributed by atoms with Crippen molar-refractivity contribution in [1.82, 2.24) is 10.6 Å². The average molecular weight is 329 g/mol. The lowest BCUT2D eigenvalue weighted by Crippen LogP contribution is -2.40. The van der Waals surface area contributed by atoms with Crippen molar-refractivity contribution in [3.8, 4) is 5.75 Å². The van der Waals surface area contributed by atoms with E-state index in [1.165, 1.54) is 6.92 Å². The van der Waals surface area contributed by atoms with Crippen molar-refractivity contribution in [1.29, 1.82) is 0 Å². The molecule has 1 aromatic carbocycles. The fourth-order valence-corrected chi connectivity index (χ4v) is 1.60. The Labute approximate surface area is 120 Å². The lowest BCUT2D eigenvalue weighted by molar-refractivity contribution is -0.127. The number of ether oxygens (including phenoxy) is 1. The number of carbonyl (C=O) groups excluding carboxylic acids is 2. The second-order valence-electron chi connectivity index (χ2n) is 3.99. The van der Waals surface area contributed by atoms with Crippen LogP contribution in [0.2, 0.25) is 0 Å². The van der Waals surface area contributed by atoms with Crippen LogP contribution in [0.15, 0.2) is 28.7 Å². The van der Waals surface area contributed by atoms with Crippen molar-refractivity contribution < 1.29 is 14.3 Å². The molecule has 0 aliphatic carbocycles. The van der Waals surface area contributed by atoms with Gasteiger partial charge in [0.25, 0.3) is 5.91 Å². The molecule has 0 fully saturated rings. The van der Waals surface area contributed by atoms with E-state index >= 15 is 0 Å². The second-order valence-corrected chi connectivity index (χ2v) is 4.90. The SMILES string of the molecule is CC(=O)NCCNC(=O)[C@@H](C)Oc1ccc(Br)cc1. The third-order valence-corrected chi connectivity index (χ3v) is 2.82. The van der Waals surface area contributed by atoms with Gasteiger partial charge in [0, 0.05) is 24.5 Å². The maximum atomic E-state index is 11.7. The fourth-order valence-electron chi connectivity index (χ4n) is 1.34. The summed E-state index contributed by atoms with van der Waals surface area (Å²) >= 11 is 3.33. The highest BCUT2D eigenvalue weighted by Gasteiger charge is 2.13. The molecule has 0 aromatic heterocycles. The molecule has 1 rings (SSSR count). The summed E-state index contributed by atoms with van der Waals surface area (Å²) in [5.74, 6) is 0.300. The second kappa shape index (κ2) is 7.78. The van der Waals surface area contributed by atoms with Gasteiger partial charge in [0.15, 0.2) is 6.10 Å². The van der Waals surface area contributed by atoms with Crippen LogP contribution in [0, 0.1) is 0 Å². The van der Waals surface area contributed by atoms with E-state index in [-0.39, 0.29) is 11.8 Å². The Bertz CT molecular complexity index is 434. The topological polar surface area (TPSA) is 67.4 Å². The minimum atomic E-state index is -0.585. The molecule has 104 valence electrons. The Morgan fingerprint density at radius 2 is 1.79 bits per heavy atom. The standard InChI is InChI=1S/C13H17BrN2O3/c1-9(13(18)16-8-7-15-10(2)17)19-12-5-3-11(14)4-6-12/h3-6,9H,7-8H2,1-2H3,(H,15,17)(H,16,18)/t9-/m1/s1. The van der Waals surface area contributed by atoms with E-state index in [0.29, 0.717) is 18.8 Å². The van der Waals surface area contributed by atoms with Crippen LogP contribution in [0.4, 0.5) is 0 Å². The quantitative estimate of drug-likeness (QED) is 0.777. The Morgan fingerprint density at radius 3 is 2.37 bits per heavy atom. The van der Waals surface area contributed by atoms with Gasteiger partial charge >= 0.3 is 0 Å². The van der Waals surface area contributed by atoms with E-state index in [1.54, 1.807) is 19.1 Å². The first-order chi connectivity index (χ1) is 8.99. The summed E-state index contributed by atoms with van der Waals surface area (Å²) in [4.78, 5) is 22.3. The molecule has 0 saturated carbocycles. The monoisotopic (exact) mass is 328 g/mol. The normalized spacial score (nSPS) is 11.5. The van der Waals surface area contributed by atoms with Gasteiger partial charge in [-0.1, -0.05) is 15.9 Å². The minimum Gasteiger partial charge on any atom is -0.481 e. The molecule has 1 aromatic rings. The van der Waals surface area contributed by atoms with Crippen LogP contribution in [-0.2, 0) is 9.59 Å². The van der Waals surface area contributed by atoms with Crippen LogP contribution in [0.1, 0.15) is 13.8 Å². The van der Waals surface area contributed by atoms with Gasteiger partial charge in [0.1, 0.15) is 5.75 Å². The van der Waals surface area contributed by atoms with Gasteiger partial charge in [-0.3, -0.25) is 9.59 Å². The largest absolute Gasteiger partial charge is 0.481 e. The Morgan fingerprint density at radius 1 is 1.21 bits per heavy atom. The first-order valence-corrected chi connectivity index (χ1v) is 6.72. The molecule has 0 radical (unpaired) electrons. The minimum absolute atomic E-state index is 0.117. The van der Waals surface area contributed by atoms with Crippen molar-refractivity contribution in [3.63, 3.8) is 0 Å². The van der Waals surface area contributed by atoms with Gasteiger partial charge in [-0.05, 0) is 31.2 Å². The van der Waals surface area contributed by atoms with Crippen molar-refractivity contribution in [2.45, 2.75) is 20.0 Å². The van der Waals surface area contributed by atoms with Crippen LogP contribution >= 0.6 is 15.9 Å². The molecule has 2 N–H and O–H groups in total. The zero-order valence-corrected chi connectivity index (χ0v) is 12.5. The molecule has 1 atom stereocenters. The van der Waals surface area contributed by atoms with Crippen LogP contribution in [0.5, 0.6) is 5.75 Å². The van der Waals surface area contributed by atoms with Crippen molar-refractivity contribution in [2.75, 3.05) is 13.1 Å². The van der Waals surface area contributed by atoms with Gasteiger partial charge in [-0.25, -0.2) is 0 Å². The van der Waals surface area contributed by atoms with E-state index in [9.17, 15) is 9.59 Å². The first-order valence-electron chi connectivity index (χ1n) is 5.93. The molecule has 0 unspecified atom stereocenters. The van der Waals surface area contributed by atoms with Gasteiger partial charge in [0.2, 0.25) is 5.91 Å². The molecule has 0 spiro atoms. The maximum absolute atomic E-state index is 11.7. The molecular weight excluding hydrogens is 312 g/mol. The molecule has 0 aliphatic heterocycles. The number of amides is 2. The molecule has 2 amide bonds. The van der Waals surface area contributed by atoms with Crippen LogP contribution in [-0.4, -0.2) is 31.0 Å². The van der Waals surface area contributed by atoms with E-state index in [2.05, 4.69) is 26.6 Å². The van der Waals surface area contributed by atoms with Crippen molar-refractivity contribution >= 4 is 27.7 Å². The Hall–Kier alpha value is -1.56. The first kappa shape index (κ1) is 15.5. The van der Waals surface area contributed by atoms with E-state index in [1.807, 2.05) is 12.1 Å². The van der Waals surface area contributed by atoms with Crippen LogP contribution < -0.4 is 15.4 Å². The molecule has 0 aliphatic rings. The van der Waals surface area contributed by atoms with Gasteiger partial charge in [-0.15, -0.1) is 0 Å². The predicted octanol–water partition coefficient (Wildman–Crippen LogP) is 1.47. The van der Waals surface area contributed by atoms with Crippen molar-refractivity contribution in [3.05, 3.63) is 28.7 Å². The summed E-state index contributed by atoms with van der Waals surface area (Å²) in [6, 6.07) is 7.25. The maximum Gasteiger partial charge on any atom is 0.260 e. The zero-order valence-electron chi connectivity index (χ0n) is 10.9. The average Bonchev–Trinajstić information content (AvgIpc) is 2.36. The number of halogens is 1. The van der Waals surface area contributed by atoms with Crippen molar-refractivity contribution in [2.24, 2.45) is 0 Å². The Balaban J connectivity index is 2.32. The zero-order chi connectivity index (χ0) is 14.3. The molecule has 19 heavy (non-hydrogen) atoms. The summed E-state index contributed by atoms with van der Waals surface area (Å²) in [6.45, 7) is 3.90. The molecule has 0 heterocycles.